The first kappa shape index (κ1) is 36.7. The Morgan fingerprint density at radius 3 is 2.15 bits per heavy atom. The number of pyridine rings is 1. The molecule has 2 aromatic carbocycles. The van der Waals surface area contributed by atoms with Crippen molar-refractivity contribution in [2.45, 2.75) is 122 Å². The van der Waals surface area contributed by atoms with E-state index in [0.717, 1.165) is 42.7 Å². The van der Waals surface area contributed by atoms with E-state index >= 15 is 0 Å². The highest BCUT2D eigenvalue weighted by molar-refractivity contribution is 6.04. The van der Waals surface area contributed by atoms with Crippen molar-refractivity contribution in [2.75, 3.05) is 25.0 Å². The molecule has 0 spiro atoms. The van der Waals surface area contributed by atoms with Crippen molar-refractivity contribution in [1.29, 1.82) is 0 Å². The number of carbonyl (C=O) groups is 1. The fourth-order valence-corrected chi connectivity index (χ4v) is 6.31. The van der Waals surface area contributed by atoms with Crippen LogP contribution in [-0.4, -0.2) is 46.6 Å². The van der Waals surface area contributed by atoms with E-state index in [1.165, 1.54) is 77.0 Å². The van der Waals surface area contributed by atoms with Gasteiger partial charge in [0.15, 0.2) is 6.29 Å². The topological polar surface area (TPSA) is 83.9 Å². The average molecular weight is 644 g/mol. The van der Waals surface area contributed by atoms with Gasteiger partial charge in [-0.2, -0.15) is 0 Å². The lowest BCUT2D eigenvalue weighted by Gasteiger charge is -2.38. The second-order valence-electron chi connectivity index (χ2n) is 13.0. The number of aliphatic hydroxyl groups excluding tert-OH is 1. The van der Waals surface area contributed by atoms with E-state index in [9.17, 15) is 9.90 Å². The number of rotatable bonds is 21. The number of aliphatic hydroxyl groups is 1. The monoisotopic (exact) mass is 643 g/mol. The summed E-state index contributed by atoms with van der Waals surface area (Å²) in [5, 5.41) is 12.6. The molecule has 1 aliphatic rings. The molecule has 1 aromatic heterocycles. The molecule has 3 aromatic rings. The van der Waals surface area contributed by atoms with Gasteiger partial charge in [0.1, 0.15) is 0 Å². The predicted octanol–water partition coefficient (Wildman–Crippen LogP) is 9.39. The van der Waals surface area contributed by atoms with Gasteiger partial charge < -0.3 is 24.8 Å². The first-order valence-corrected chi connectivity index (χ1v) is 18.1. The lowest BCUT2D eigenvalue weighted by Crippen LogP contribution is -2.40. The molecule has 0 bridgehead atoms. The third kappa shape index (κ3) is 12.8. The summed E-state index contributed by atoms with van der Waals surface area (Å²) in [5.74, 6) is -0.208. The fraction of sp³-hybridized carbons (Fsp3) is 0.550. The van der Waals surface area contributed by atoms with E-state index in [2.05, 4.69) is 41.2 Å². The molecular weight excluding hydrogens is 586 g/mol. The Morgan fingerprint density at radius 2 is 1.51 bits per heavy atom. The van der Waals surface area contributed by atoms with Crippen LogP contribution in [0, 0.1) is 0 Å². The summed E-state index contributed by atoms with van der Waals surface area (Å²) in [4.78, 5) is 19.5. The Kier molecular flexibility index (Phi) is 16.4. The standard InChI is InChI=1S/C40H57N3O4/c1-3-5-7-9-11-13-25-43(26-14-12-10-8-6-4-2)30-37-28-38(33-22-20-32(31-44)21-23-33)47-40(46-37)34-17-15-19-36(27-34)42-39(45)35-18-16-24-41-29-35/h15-24,27,29,37-38,40,44H,3-14,25-26,28,30-31H2,1-2H3,(H,42,45)/t37-,38+,40+/m1/s1. The highest BCUT2D eigenvalue weighted by Crippen LogP contribution is 2.39. The number of unbranched alkanes of at least 4 members (excludes halogenated alkanes) is 10. The van der Waals surface area contributed by atoms with Crippen molar-refractivity contribution >= 4 is 11.6 Å². The van der Waals surface area contributed by atoms with E-state index in [1.54, 1.807) is 24.5 Å². The van der Waals surface area contributed by atoms with Gasteiger partial charge in [-0.25, -0.2) is 0 Å². The van der Waals surface area contributed by atoms with Gasteiger partial charge in [-0.3, -0.25) is 9.78 Å². The molecule has 1 saturated heterocycles. The van der Waals surface area contributed by atoms with Crippen molar-refractivity contribution < 1.29 is 19.4 Å². The van der Waals surface area contributed by atoms with Crippen LogP contribution in [0.2, 0.25) is 0 Å². The van der Waals surface area contributed by atoms with E-state index < -0.39 is 6.29 Å². The molecule has 1 fully saturated rings. The summed E-state index contributed by atoms with van der Waals surface area (Å²) in [7, 11) is 0. The molecule has 7 heteroatoms. The molecule has 1 aliphatic heterocycles. The number of anilines is 1. The Balaban J connectivity index is 1.47. The third-order valence-electron chi connectivity index (χ3n) is 9.07. The largest absolute Gasteiger partial charge is 0.392 e. The van der Waals surface area contributed by atoms with Crippen LogP contribution < -0.4 is 5.32 Å². The number of nitrogens with one attached hydrogen (secondary N) is 1. The van der Waals surface area contributed by atoms with Gasteiger partial charge in [0.05, 0.1) is 24.4 Å². The zero-order valence-electron chi connectivity index (χ0n) is 28.7. The van der Waals surface area contributed by atoms with Crippen LogP contribution in [0.25, 0.3) is 0 Å². The van der Waals surface area contributed by atoms with Gasteiger partial charge in [0.25, 0.3) is 5.91 Å². The number of ether oxygens (including phenoxy) is 2. The zero-order valence-corrected chi connectivity index (χ0v) is 28.7. The molecule has 7 nitrogen and oxygen atoms in total. The number of hydrogen-bond acceptors (Lipinski definition) is 6. The molecular formula is C40H57N3O4. The van der Waals surface area contributed by atoms with Gasteiger partial charge in [0.2, 0.25) is 0 Å². The first-order valence-electron chi connectivity index (χ1n) is 18.1. The highest BCUT2D eigenvalue weighted by Gasteiger charge is 2.33. The number of nitrogens with zero attached hydrogens (tertiary/aromatic N) is 2. The van der Waals surface area contributed by atoms with Gasteiger partial charge in [-0.05, 0) is 61.3 Å². The summed E-state index contributed by atoms with van der Waals surface area (Å²) in [6.07, 6.45) is 18.7. The lowest BCUT2D eigenvalue weighted by atomic mass is 9.99. The van der Waals surface area contributed by atoms with Crippen LogP contribution in [0.4, 0.5) is 5.69 Å². The van der Waals surface area contributed by atoms with Crippen molar-refractivity contribution in [3.05, 3.63) is 95.3 Å². The Hall–Kier alpha value is -3.10. The minimum Gasteiger partial charge on any atom is -0.392 e. The Morgan fingerprint density at radius 1 is 0.830 bits per heavy atom. The Bertz CT molecular complexity index is 1270. The third-order valence-corrected chi connectivity index (χ3v) is 9.07. The van der Waals surface area contributed by atoms with Crippen molar-refractivity contribution in [3.8, 4) is 0 Å². The molecule has 2 heterocycles. The van der Waals surface area contributed by atoms with Gasteiger partial charge in [-0.15, -0.1) is 0 Å². The van der Waals surface area contributed by atoms with Gasteiger partial charge >= 0.3 is 0 Å². The van der Waals surface area contributed by atoms with Crippen LogP contribution in [0.15, 0.2) is 73.1 Å². The molecule has 2 N–H and O–H groups in total. The summed E-state index contributed by atoms with van der Waals surface area (Å²) in [5.41, 5.74) is 4.02. The molecule has 3 atom stereocenters. The number of carbonyl (C=O) groups excluding carboxylic acids is 1. The number of aromatic nitrogens is 1. The minimum absolute atomic E-state index is 0.00917. The molecule has 0 radical (unpaired) electrons. The minimum atomic E-state index is -0.573. The number of benzene rings is 2. The van der Waals surface area contributed by atoms with Gasteiger partial charge in [-0.1, -0.05) is 114 Å². The smallest absolute Gasteiger partial charge is 0.257 e. The molecule has 47 heavy (non-hydrogen) atoms. The molecule has 0 unspecified atom stereocenters. The lowest BCUT2D eigenvalue weighted by molar-refractivity contribution is -0.253. The molecule has 0 saturated carbocycles. The Labute approximate surface area is 283 Å². The van der Waals surface area contributed by atoms with Crippen LogP contribution in [0.1, 0.15) is 137 Å². The molecule has 1 amide bonds. The number of amides is 1. The summed E-state index contributed by atoms with van der Waals surface area (Å²) < 4.78 is 13.4. The molecule has 4 rings (SSSR count). The van der Waals surface area contributed by atoms with Crippen molar-refractivity contribution in [3.63, 3.8) is 0 Å². The summed E-state index contributed by atoms with van der Waals surface area (Å²) >= 11 is 0. The van der Waals surface area contributed by atoms with Crippen LogP contribution in [0.3, 0.4) is 0 Å². The molecule has 256 valence electrons. The first-order chi connectivity index (χ1) is 23.1. The van der Waals surface area contributed by atoms with Gasteiger partial charge in [0, 0.05) is 36.6 Å². The predicted molar refractivity (Wildman–Crippen MR) is 190 cm³/mol. The fourth-order valence-electron chi connectivity index (χ4n) is 6.31. The highest BCUT2D eigenvalue weighted by atomic mass is 16.7. The van der Waals surface area contributed by atoms with Crippen LogP contribution in [-0.2, 0) is 16.1 Å². The maximum absolute atomic E-state index is 12.8. The zero-order chi connectivity index (χ0) is 33.1. The van der Waals surface area contributed by atoms with E-state index in [0.29, 0.717) is 11.3 Å². The van der Waals surface area contributed by atoms with E-state index in [-0.39, 0.29) is 24.7 Å². The van der Waals surface area contributed by atoms with Crippen LogP contribution in [0.5, 0.6) is 0 Å². The summed E-state index contributed by atoms with van der Waals surface area (Å²) in [6.45, 7) is 7.62. The van der Waals surface area contributed by atoms with Crippen molar-refractivity contribution in [1.82, 2.24) is 9.88 Å². The summed E-state index contributed by atoms with van der Waals surface area (Å²) in [6, 6.07) is 19.3. The van der Waals surface area contributed by atoms with E-state index in [1.807, 2.05) is 36.4 Å². The van der Waals surface area contributed by atoms with Crippen LogP contribution >= 0.6 is 0 Å². The normalized spacial score (nSPS) is 18.0. The average Bonchev–Trinajstić information content (AvgIpc) is 3.11. The van der Waals surface area contributed by atoms with E-state index in [4.69, 9.17) is 9.47 Å². The maximum Gasteiger partial charge on any atom is 0.257 e. The van der Waals surface area contributed by atoms with Crippen molar-refractivity contribution in [2.24, 2.45) is 0 Å². The second kappa shape index (κ2) is 21.0. The molecule has 0 aliphatic carbocycles. The second-order valence-corrected chi connectivity index (χ2v) is 13.0. The quantitative estimate of drug-likeness (QED) is 0.113. The number of hydrogen-bond donors (Lipinski definition) is 2. The maximum atomic E-state index is 12.8. The SMILES string of the molecule is CCCCCCCCN(CCCCCCCC)C[C@H]1C[C@@H](c2ccc(CO)cc2)O[C@@H](c2cccc(NC(=O)c3cccnc3)c2)O1.